The molecular weight excluding hydrogens is 198 g/mol. The molecule has 1 atom stereocenters. The van der Waals surface area contributed by atoms with Crippen LogP contribution in [0, 0.1) is 13.8 Å². The second-order valence-electron chi connectivity index (χ2n) is 4.80. The van der Waals surface area contributed by atoms with Gasteiger partial charge in [0, 0.05) is 23.3 Å². The van der Waals surface area contributed by atoms with E-state index in [-0.39, 0.29) is 0 Å². The van der Waals surface area contributed by atoms with Crippen LogP contribution in [-0.4, -0.2) is 16.3 Å². The van der Waals surface area contributed by atoms with Crippen molar-refractivity contribution in [3.63, 3.8) is 0 Å². The van der Waals surface area contributed by atoms with Crippen LogP contribution in [0.5, 0.6) is 0 Å². The van der Waals surface area contributed by atoms with Crippen LogP contribution in [0.25, 0.3) is 0 Å². The standard InChI is InChI=1S/C13H25N3/c1-7-8-14-10(4)13-11(5)15-16(9(2)3)12(13)6/h9-10,14H,7-8H2,1-6H3. The molecule has 0 spiro atoms. The minimum atomic E-state index is 0.396. The molecule has 0 fully saturated rings. The lowest BCUT2D eigenvalue weighted by atomic mass is 10.1. The Bertz CT molecular complexity index is 339. The molecule has 1 rings (SSSR count). The lowest BCUT2D eigenvalue weighted by Gasteiger charge is -2.15. The number of aryl methyl sites for hydroxylation is 1. The van der Waals surface area contributed by atoms with Gasteiger partial charge in [-0.2, -0.15) is 5.10 Å². The monoisotopic (exact) mass is 223 g/mol. The highest BCUT2D eigenvalue weighted by molar-refractivity contribution is 5.28. The van der Waals surface area contributed by atoms with Crippen LogP contribution in [-0.2, 0) is 0 Å². The van der Waals surface area contributed by atoms with Crippen LogP contribution in [0.2, 0.25) is 0 Å². The molecule has 0 radical (unpaired) electrons. The zero-order chi connectivity index (χ0) is 12.3. The summed E-state index contributed by atoms with van der Waals surface area (Å²) < 4.78 is 2.12. The van der Waals surface area contributed by atoms with Crippen molar-refractivity contribution in [2.24, 2.45) is 0 Å². The van der Waals surface area contributed by atoms with Gasteiger partial charge in [0.15, 0.2) is 0 Å². The molecule has 1 N–H and O–H groups in total. The summed E-state index contributed by atoms with van der Waals surface area (Å²) in [4.78, 5) is 0. The van der Waals surface area contributed by atoms with Crippen LogP contribution < -0.4 is 5.32 Å². The Kier molecular flexibility index (Phi) is 4.54. The van der Waals surface area contributed by atoms with Crippen LogP contribution in [0.1, 0.15) is 63.2 Å². The van der Waals surface area contributed by atoms with Crippen molar-refractivity contribution in [2.45, 2.75) is 60.0 Å². The van der Waals surface area contributed by atoms with Crippen LogP contribution >= 0.6 is 0 Å². The molecule has 3 nitrogen and oxygen atoms in total. The van der Waals surface area contributed by atoms with Crippen molar-refractivity contribution in [3.05, 3.63) is 17.0 Å². The average molecular weight is 223 g/mol. The molecule has 1 aromatic rings. The highest BCUT2D eigenvalue weighted by Crippen LogP contribution is 2.23. The molecule has 0 aromatic carbocycles. The molecule has 0 saturated heterocycles. The minimum Gasteiger partial charge on any atom is -0.310 e. The Labute approximate surface area is 99.2 Å². The van der Waals surface area contributed by atoms with Gasteiger partial charge in [-0.25, -0.2) is 0 Å². The van der Waals surface area contributed by atoms with E-state index in [0.29, 0.717) is 12.1 Å². The van der Waals surface area contributed by atoms with E-state index in [1.165, 1.54) is 17.7 Å². The first-order valence-corrected chi connectivity index (χ1v) is 6.28. The van der Waals surface area contributed by atoms with Gasteiger partial charge in [0.1, 0.15) is 0 Å². The summed E-state index contributed by atoms with van der Waals surface area (Å²) in [5.41, 5.74) is 3.81. The van der Waals surface area contributed by atoms with Crippen LogP contribution in [0.4, 0.5) is 0 Å². The van der Waals surface area contributed by atoms with Gasteiger partial charge in [-0.05, 0) is 47.6 Å². The molecule has 0 aliphatic carbocycles. The van der Waals surface area contributed by atoms with Crippen molar-refractivity contribution in [2.75, 3.05) is 6.54 Å². The third-order valence-corrected chi connectivity index (χ3v) is 3.00. The van der Waals surface area contributed by atoms with E-state index in [9.17, 15) is 0 Å². The number of hydrogen-bond donors (Lipinski definition) is 1. The molecule has 3 heteroatoms. The van der Waals surface area contributed by atoms with E-state index >= 15 is 0 Å². The molecule has 0 bridgehead atoms. The first-order valence-electron chi connectivity index (χ1n) is 6.28. The van der Waals surface area contributed by atoms with Crippen LogP contribution in [0.3, 0.4) is 0 Å². The first-order chi connectivity index (χ1) is 7.49. The third-order valence-electron chi connectivity index (χ3n) is 3.00. The zero-order valence-corrected chi connectivity index (χ0v) is 11.5. The Morgan fingerprint density at radius 1 is 1.25 bits per heavy atom. The quantitative estimate of drug-likeness (QED) is 0.831. The van der Waals surface area contributed by atoms with Crippen molar-refractivity contribution < 1.29 is 0 Å². The lowest BCUT2D eigenvalue weighted by molar-refractivity contribution is 0.512. The number of aromatic nitrogens is 2. The van der Waals surface area contributed by atoms with Crippen LogP contribution in [0.15, 0.2) is 0 Å². The normalized spacial score (nSPS) is 13.4. The maximum Gasteiger partial charge on any atom is 0.0644 e. The van der Waals surface area contributed by atoms with E-state index in [2.05, 4.69) is 56.6 Å². The Balaban J connectivity index is 2.95. The predicted molar refractivity (Wildman–Crippen MR) is 68.8 cm³/mol. The van der Waals surface area contributed by atoms with Crippen molar-refractivity contribution in [1.82, 2.24) is 15.1 Å². The molecular formula is C13H25N3. The summed E-state index contributed by atoms with van der Waals surface area (Å²) in [7, 11) is 0. The Hall–Kier alpha value is -0.830. The molecule has 0 saturated carbocycles. The van der Waals surface area contributed by atoms with Crippen molar-refractivity contribution in [1.29, 1.82) is 0 Å². The summed E-state index contributed by atoms with van der Waals surface area (Å²) in [5, 5.41) is 8.14. The van der Waals surface area contributed by atoms with Gasteiger partial charge in [0.25, 0.3) is 0 Å². The SMILES string of the molecule is CCCNC(C)c1c(C)nn(C(C)C)c1C. The number of nitrogens with zero attached hydrogens (tertiary/aromatic N) is 2. The predicted octanol–water partition coefficient (Wildman–Crippen LogP) is 3.14. The lowest BCUT2D eigenvalue weighted by Crippen LogP contribution is -2.20. The van der Waals surface area contributed by atoms with Gasteiger partial charge >= 0.3 is 0 Å². The summed E-state index contributed by atoms with van der Waals surface area (Å²) >= 11 is 0. The van der Waals surface area contributed by atoms with E-state index in [1.807, 2.05) is 0 Å². The maximum atomic E-state index is 4.62. The molecule has 1 unspecified atom stereocenters. The molecule has 92 valence electrons. The molecule has 16 heavy (non-hydrogen) atoms. The van der Waals surface area contributed by atoms with Crippen molar-refractivity contribution >= 4 is 0 Å². The third kappa shape index (κ3) is 2.64. The zero-order valence-electron chi connectivity index (χ0n) is 11.5. The smallest absolute Gasteiger partial charge is 0.0644 e. The van der Waals surface area contributed by atoms with Gasteiger partial charge < -0.3 is 5.32 Å². The topological polar surface area (TPSA) is 29.9 Å². The Morgan fingerprint density at radius 2 is 1.88 bits per heavy atom. The fourth-order valence-corrected chi connectivity index (χ4v) is 2.27. The average Bonchev–Trinajstić information content (AvgIpc) is 2.51. The largest absolute Gasteiger partial charge is 0.310 e. The van der Waals surface area contributed by atoms with E-state index in [0.717, 1.165) is 12.2 Å². The maximum absolute atomic E-state index is 4.62. The molecule has 0 amide bonds. The summed E-state index contributed by atoms with van der Waals surface area (Å²) in [6.45, 7) is 14.1. The first kappa shape index (κ1) is 13.2. The van der Waals surface area contributed by atoms with Crippen molar-refractivity contribution in [3.8, 4) is 0 Å². The molecule has 0 aliphatic rings. The molecule has 1 heterocycles. The number of nitrogens with one attached hydrogen (secondary N) is 1. The number of rotatable bonds is 5. The van der Waals surface area contributed by atoms with Gasteiger partial charge in [-0.1, -0.05) is 6.92 Å². The second kappa shape index (κ2) is 5.48. The second-order valence-corrected chi connectivity index (χ2v) is 4.80. The highest BCUT2D eigenvalue weighted by Gasteiger charge is 2.17. The summed E-state index contributed by atoms with van der Waals surface area (Å²) in [5.74, 6) is 0. The van der Waals surface area contributed by atoms with Gasteiger partial charge in [-0.3, -0.25) is 4.68 Å². The minimum absolute atomic E-state index is 0.396. The van der Waals surface area contributed by atoms with E-state index < -0.39 is 0 Å². The van der Waals surface area contributed by atoms with Gasteiger partial charge in [0.05, 0.1) is 5.69 Å². The van der Waals surface area contributed by atoms with Gasteiger partial charge in [-0.15, -0.1) is 0 Å². The fraction of sp³-hybridized carbons (Fsp3) is 0.769. The highest BCUT2D eigenvalue weighted by atomic mass is 15.3. The Morgan fingerprint density at radius 3 is 2.31 bits per heavy atom. The molecule has 1 aromatic heterocycles. The summed E-state index contributed by atoms with van der Waals surface area (Å²) in [6.07, 6.45) is 1.17. The van der Waals surface area contributed by atoms with Gasteiger partial charge in [0.2, 0.25) is 0 Å². The molecule has 0 aliphatic heterocycles. The summed E-state index contributed by atoms with van der Waals surface area (Å²) in [6, 6.07) is 0.832. The van der Waals surface area contributed by atoms with E-state index in [1.54, 1.807) is 0 Å². The van der Waals surface area contributed by atoms with E-state index in [4.69, 9.17) is 0 Å². The number of hydrogen-bond acceptors (Lipinski definition) is 2. The fourth-order valence-electron chi connectivity index (χ4n) is 2.27.